The standard InChI is InChI=1S/C6H9F3O3/c7-6(8,9)12-4-1-3(2-4)5(10)11/h3-5,10-11H,1-2H2. The topological polar surface area (TPSA) is 49.7 Å². The lowest BCUT2D eigenvalue weighted by Gasteiger charge is -2.36. The smallest absolute Gasteiger partial charge is 0.368 e. The van der Waals surface area contributed by atoms with Gasteiger partial charge in [-0.25, -0.2) is 0 Å². The van der Waals surface area contributed by atoms with Gasteiger partial charge in [-0.05, 0) is 12.8 Å². The number of alkyl halides is 3. The highest BCUT2D eigenvalue weighted by atomic mass is 19.4. The highest BCUT2D eigenvalue weighted by molar-refractivity contribution is 4.81. The van der Waals surface area contributed by atoms with E-state index in [1.54, 1.807) is 0 Å². The lowest BCUT2D eigenvalue weighted by Crippen LogP contribution is -2.41. The summed E-state index contributed by atoms with van der Waals surface area (Å²) in [4.78, 5) is 0. The van der Waals surface area contributed by atoms with Crippen molar-refractivity contribution in [2.45, 2.75) is 31.6 Å². The minimum atomic E-state index is -4.62. The van der Waals surface area contributed by atoms with E-state index in [1.165, 1.54) is 0 Å². The molecule has 0 aromatic carbocycles. The SMILES string of the molecule is OC(O)C1CC(OC(F)(F)F)C1. The van der Waals surface area contributed by atoms with Crippen molar-refractivity contribution >= 4 is 0 Å². The molecule has 0 aromatic rings. The second-order valence-corrected chi connectivity index (χ2v) is 2.83. The van der Waals surface area contributed by atoms with Gasteiger partial charge in [-0.1, -0.05) is 0 Å². The minimum Gasteiger partial charge on any atom is -0.368 e. The van der Waals surface area contributed by atoms with Crippen LogP contribution < -0.4 is 0 Å². The van der Waals surface area contributed by atoms with Gasteiger partial charge < -0.3 is 10.2 Å². The highest BCUT2D eigenvalue weighted by Crippen LogP contribution is 2.35. The zero-order chi connectivity index (χ0) is 9.35. The fourth-order valence-electron chi connectivity index (χ4n) is 1.13. The van der Waals surface area contributed by atoms with Crippen molar-refractivity contribution in [2.24, 2.45) is 5.92 Å². The van der Waals surface area contributed by atoms with Gasteiger partial charge in [-0.15, -0.1) is 13.2 Å². The van der Waals surface area contributed by atoms with Crippen LogP contribution in [0.2, 0.25) is 0 Å². The summed E-state index contributed by atoms with van der Waals surface area (Å²) in [5, 5.41) is 17.0. The Morgan fingerprint density at radius 3 is 2.08 bits per heavy atom. The van der Waals surface area contributed by atoms with Gasteiger partial charge in [0.25, 0.3) is 0 Å². The molecule has 0 bridgehead atoms. The van der Waals surface area contributed by atoms with E-state index in [4.69, 9.17) is 10.2 Å². The zero-order valence-corrected chi connectivity index (χ0v) is 6.08. The van der Waals surface area contributed by atoms with E-state index in [2.05, 4.69) is 4.74 Å². The van der Waals surface area contributed by atoms with Crippen LogP contribution >= 0.6 is 0 Å². The first-order valence-electron chi connectivity index (χ1n) is 3.49. The number of hydrogen-bond acceptors (Lipinski definition) is 3. The zero-order valence-electron chi connectivity index (χ0n) is 6.08. The average molecular weight is 186 g/mol. The Hall–Kier alpha value is -0.330. The number of halogens is 3. The van der Waals surface area contributed by atoms with E-state index < -0.39 is 24.7 Å². The first kappa shape index (κ1) is 9.76. The Morgan fingerprint density at radius 1 is 1.25 bits per heavy atom. The second kappa shape index (κ2) is 3.20. The summed E-state index contributed by atoms with van der Waals surface area (Å²) in [6.07, 6.45) is -6.94. The summed E-state index contributed by atoms with van der Waals surface area (Å²) in [5.41, 5.74) is 0. The van der Waals surface area contributed by atoms with Gasteiger partial charge in [-0.2, -0.15) is 0 Å². The first-order chi connectivity index (χ1) is 5.38. The second-order valence-electron chi connectivity index (χ2n) is 2.83. The summed E-state index contributed by atoms with van der Waals surface area (Å²) < 4.78 is 38.2. The van der Waals surface area contributed by atoms with Crippen molar-refractivity contribution in [1.82, 2.24) is 0 Å². The fourth-order valence-corrected chi connectivity index (χ4v) is 1.13. The van der Waals surface area contributed by atoms with E-state index >= 15 is 0 Å². The highest BCUT2D eigenvalue weighted by Gasteiger charge is 2.41. The average Bonchev–Trinajstić information content (AvgIpc) is 1.74. The van der Waals surface area contributed by atoms with Crippen LogP contribution in [0.1, 0.15) is 12.8 Å². The molecule has 6 heteroatoms. The van der Waals surface area contributed by atoms with E-state index in [1.807, 2.05) is 0 Å². The quantitative estimate of drug-likeness (QED) is 0.621. The maximum Gasteiger partial charge on any atom is 0.522 e. The van der Waals surface area contributed by atoms with Gasteiger partial charge in [0.1, 0.15) is 0 Å². The van der Waals surface area contributed by atoms with Crippen molar-refractivity contribution in [3.8, 4) is 0 Å². The summed E-state index contributed by atoms with van der Waals surface area (Å²) in [7, 11) is 0. The predicted octanol–water partition coefficient (Wildman–Crippen LogP) is 0.612. The molecule has 2 N–H and O–H groups in total. The van der Waals surface area contributed by atoms with Crippen molar-refractivity contribution in [2.75, 3.05) is 0 Å². The molecule has 12 heavy (non-hydrogen) atoms. The molecule has 1 rings (SSSR count). The molecule has 1 saturated carbocycles. The molecule has 0 aromatic heterocycles. The molecule has 0 heterocycles. The minimum absolute atomic E-state index is 0.0528. The van der Waals surface area contributed by atoms with Crippen LogP contribution in [-0.4, -0.2) is 29.0 Å². The molecular weight excluding hydrogens is 177 g/mol. The van der Waals surface area contributed by atoms with Crippen LogP contribution in [0, 0.1) is 5.92 Å². The summed E-state index contributed by atoms with van der Waals surface area (Å²) >= 11 is 0. The molecule has 72 valence electrons. The van der Waals surface area contributed by atoms with Crippen LogP contribution in [-0.2, 0) is 4.74 Å². The third-order valence-corrected chi connectivity index (χ3v) is 1.85. The summed E-state index contributed by atoms with van der Waals surface area (Å²) in [5.74, 6) is -0.475. The van der Waals surface area contributed by atoms with Gasteiger partial charge in [0.05, 0.1) is 6.10 Å². The number of aliphatic hydroxyl groups excluding tert-OH is 1. The van der Waals surface area contributed by atoms with Crippen LogP contribution in [0.3, 0.4) is 0 Å². The molecule has 0 spiro atoms. The molecule has 1 fully saturated rings. The summed E-state index contributed by atoms with van der Waals surface area (Å²) in [6, 6.07) is 0. The molecule has 0 aliphatic heterocycles. The van der Waals surface area contributed by atoms with Crippen molar-refractivity contribution in [3.05, 3.63) is 0 Å². The van der Waals surface area contributed by atoms with E-state index in [0.717, 1.165) is 0 Å². The Kier molecular flexibility index (Phi) is 2.60. The number of hydrogen-bond donors (Lipinski definition) is 2. The normalized spacial score (nSPS) is 30.5. The molecule has 1 aliphatic carbocycles. The monoisotopic (exact) mass is 186 g/mol. The fraction of sp³-hybridized carbons (Fsp3) is 1.00. The predicted molar refractivity (Wildman–Crippen MR) is 31.9 cm³/mol. The van der Waals surface area contributed by atoms with Crippen molar-refractivity contribution in [3.63, 3.8) is 0 Å². The maximum atomic E-state index is 11.5. The van der Waals surface area contributed by atoms with Crippen LogP contribution in [0.5, 0.6) is 0 Å². The molecule has 0 unspecified atom stereocenters. The van der Waals surface area contributed by atoms with Gasteiger partial charge in [-0.3, -0.25) is 4.74 Å². The van der Waals surface area contributed by atoms with Gasteiger partial charge in [0.15, 0.2) is 6.29 Å². The van der Waals surface area contributed by atoms with Crippen LogP contribution in [0.15, 0.2) is 0 Å². The van der Waals surface area contributed by atoms with E-state index in [-0.39, 0.29) is 12.8 Å². The lowest BCUT2D eigenvalue weighted by atomic mass is 9.82. The number of rotatable bonds is 2. The molecule has 0 radical (unpaired) electrons. The molecule has 0 amide bonds. The molecule has 0 atom stereocenters. The third kappa shape index (κ3) is 2.62. The van der Waals surface area contributed by atoms with Gasteiger partial charge in [0.2, 0.25) is 0 Å². The Labute approximate surface area is 66.8 Å². The lowest BCUT2D eigenvalue weighted by molar-refractivity contribution is -0.358. The Balaban J connectivity index is 2.18. The number of ether oxygens (including phenoxy) is 1. The molecule has 0 saturated heterocycles. The van der Waals surface area contributed by atoms with Crippen molar-refractivity contribution in [1.29, 1.82) is 0 Å². The number of aliphatic hydroxyl groups is 2. The van der Waals surface area contributed by atoms with Crippen LogP contribution in [0.4, 0.5) is 13.2 Å². The van der Waals surface area contributed by atoms with Crippen LogP contribution in [0.25, 0.3) is 0 Å². The van der Waals surface area contributed by atoms with E-state index in [9.17, 15) is 13.2 Å². The third-order valence-electron chi connectivity index (χ3n) is 1.85. The Bertz CT molecular complexity index is 151. The Morgan fingerprint density at radius 2 is 1.75 bits per heavy atom. The molecular formula is C6H9F3O3. The van der Waals surface area contributed by atoms with Crippen molar-refractivity contribution < 1.29 is 28.1 Å². The molecule has 1 aliphatic rings. The summed E-state index contributed by atoms with van der Waals surface area (Å²) in [6.45, 7) is 0. The van der Waals surface area contributed by atoms with E-state index in [0.29, 0.717) is 0 Å². The largest absolute Gasteiger partial charge is 0.522 e. The van der Waals surface area contributed by atoms with Gasteiger partial charge in [0, 0.05) is 5.92 Å². The molecule has 3 nitrogen and oxygen atoms in total. The first-order valence-corrected chi connectivity index (χ1v) is 3.49. The maximum absolute atomic E-state index is 11.5. The van der Waals surface area contributed by atoms with Gasteiger partial charge >= 0.3 is 6.36 Å².